The van der Waals surface area contributed by atoms with E-state index in [-0.39, 0.29) is 18.3 Å². The van der Waals surface area contributed by atoms with Crippen molar-refractivity contribution in [1.82, 2.24) is 5.32 Å². The number of hydrogen-bond acceptors (Lipinski definition) is 2. The van der Waals surface area contributed by atoms with Crippen molar-refractivity contribution in [3.63, 3.8) is 0 Å². The fraction of sp³-hybridized carbons (Fsp3) is 0.875. The molecule has 4 heteroatoms. The summed E-state index contributed by atoms with van der Waals surface area (Å²) in [6.45, 7) is 6.60. The van der Waals surface area contributed by atoms with Gasteiger partial charge in [0.15, 0.2) is 0 Å². The Labute approximate surface area is 80.0 Å². The number of carboxylic acid groups (broad SMARTS) is 1. The van der Waals surface area contributed by atoms with Gasteiger partial charge in [-0.15, -0.1) is 12.4 Å². The molecule has 0 bridgehead atoms. The van der Waals surface area contributed by atoms with Crippen LogP contribution in [-0.4, -0.2) is 23.7 Å². The van der Waals surface area contributed by atoms with Crippen LogP contribution < -0.4 is 5.32 Å². The lowest BCUT2D eigenvalue weighted by atomic mass is 10.1. The summed E-state index contributed by atoms with van der Waals surface area (Å²) in [5.41, 5.74) is 0. The molecule has 12 heavy (non-hydrogen) atoms. The maximum atomic E-state index is 10.6. The van der Waals surface area contributed by atoms with Crippen molar-refractivity contribution in [2.75, 3.05) is 6.54 Å². The molecule has 74 valence electrons. The average Bonchev–Trinajstić information content (AvgIpc) is 1.87. The summed E-state index contributed by atoms with van der Waals surface area (Å²) in [7, 11) is 0. The van der Waals surface area contributed by atoms with Gasteiger partial charge in [0.05, 0.1) is 0 Å². The van der Waals surface area contributed by atoms with E-state index in [4.69, 9.17) is 5.11 Å². The SMILES string of the molecule is CCCNC(C(=O)O)C(C)C.Cl. The Kier molecular flexibility index (Phi) is 8.76. The molecule has 0 fully saturated rings. The van der Waals surface area contributed by atoms with Gasteiger partial charge in [-0.25, -0.2) is 0 Å². The largest absolute Gasteiger partial charge is 0.480 e. The topological polar surface area (TPSA) is 49.3 Å². The maximum Gasteiger partial charge on any atom is 0.320 e. The predicted octanol–water partition coefficient (Wildman–Crippen LogP) is 1.52. The highest BCUT2D eigenvalue weighted by molar-refractivity contribution is 5.85. The third-order valence-electron chi connectivity index (χ3n) is 1.55. The maximum absolute atomic E-state index is 10.6. The summed E-state index contributed by atoms with van der Waals surface area (Å²) >= 11 is 0. The van der Waals surface area contributed by atoms with Crippen LogP contribution in [0.1, 0.15) is 27.2 Å². The quantitative estimate of drug-likeness (QED) is 0.700. The normalized spacial score (nSPS) is 12.3. The molecule has 0 aromatic rings. The Morgan fingerprint density at radius 1 is 1.50 bits per heavy atom. The van der Waals surface area contributed by atoms with Crippen LogP contribution in [0.15, 0.2) is 0 Å². The zero-order chi connectivity index (χ0) is 8.85. The Morgan fingerprint density at radius 2 is 2.00 bits per heavy atom. The summed E-state index contributed by atoms with van der Waals surface area (Å²) in [6, 6.07) is -0.394. The van der Waals surface area contributed by atoms with Crippen LogP contribution in [0.3, 0.4) is 0 Å². The second-order valence-corrected chi connectivity index (χ2v) is 3.01. The van der Waals surface area contributed by atoms with Crippen LogP contribution in [0.4, 0.5) is 0 Å². The van der Waals surface area contributed by atoms with Crippen molar-refractivity contribution < 1.29 is 9.90 Å². The third-order valence-corrected chi connectivity index (χ3v) is 1.55. The molecule has 0 saturated carbocycles. The van der Waals surface area contributed by atoms with Crippen molar-refractivity contribution in [2.45, 2.75) is 33.2 Å². The Morgan fingerprint density at radius 3 is 2.25 bits per heavy atom. The monoisotopic (exact) mass is 195 g/mol. The predicted molar refractivity (Wildman–Crippen MR) is 51.8 cm³/mol. The molecule has 0 saturated heterocycles. The van der Waals surface area contributed by atoms with Gasteiger partial charge in [0, 0.05) is 0 Å². The van der Waals surface area contributed by atoms with Gasteiger partial charge in [-0.1, -0.05) is 20.8 Å². The number of nitrogens with one attached hydrogen (secondary N) is 1. The zero-order valence-electron chi connectivity index (χ0n) is 7.83. The van der Waals surface area contributed by atoms with Crippen molar-refractivity contribution in [2.24, 2.45) is 5.92 Å². The molecule has 0 spiro atoms. The molecule has 0 aliphatic rings. The molecular formula is C8H18ClNO2. The minimum absolute atomic E-state index is 0. The molecule has 0 aliphatic carbocycles. The average molecular weight is 196 g/mol. The Hall–Kier alpha value is -0.280. The van der Waals surface area contributed by atoms with Crippen molar-refractivity contribution in [3.05, 3.63) is 0 Å². The van der Waals surface area contributed by atoms with Gasteiger partial charge in [0.2, 0.25) is 0 Å². The number of hydrogen-bond donors (Lipinski definition) is 2. The summed E-state index contributed by atoms with van der Waals surface area (Å²) in [4.78, 5) is 10.6. The van der Waals surface area contributed by atoms with Gasteiger partial charge in [-0.2, -0.15) is 0 Å². The van der Waals surface area contributed by atoms with E-state index < -0.39 is 12.0 Å². The van der Waals surface area contributed by atoms with Gasteiger partial charge < -0.3 is 10.4 Å². The molecule has 0 radical (unpaired) electrons. The fourth-order valence-corrected chi connectivity index (χ4v) is 0.908. The van der Waals surface area contributed by atoms with E-state index in [1.165, 1.54) is 0 Å². The number of rotatable bonds is 5. The zero-order valence-corrected chi connectivity index (χ0v) is 8.65. The smallest absolute Gasteiger partial charge is 0.320 e. The molecule has 0 aliphatic heterocycles. The first kappa shape index (κ1) is 14.3. The van der Waals surface area contributed by atoms with Gasteiger partial charge in [-0.05, 0) is 18.9 Å². The summed E-state index contributed by atoms with van der Waals surface area (Å²) in [5.74, 6) is -0.604. The third kappa shape index (κ3) is 5.38. The lowest BCUT2D eigenvalue weighted by Crippen LogP contribution is -2.41. The van der Waals surface area contributed by atoms with E-state index in [9.17, 15) is 4.79 Å². The Balaban J connectivity index is 0. The molecule has 2 N–H and O–H groups in total. The van der Waals surface area contributed by atoms with Crippen LogP contribution in [-0.2, 0) is 4.79 Å². The lowest BCUT2D eigenvalue weighted by Gasteiger charge is -2.16. The number of aliphatic carboxylic acids is 1. The van der Waals surface area contributed by atoms with Crippen LogP contribution >= 0.6 is 12.4 Å². The summed E-state index contributed by atoms with van der Waals surface area (Å²) in [5, 5.41) is 11.7. The summed E-state index contributed by atoms with van der Waals surface area (Å²) < 4.78 is 0. The second-order valence-electron chi connectivity index (χ2n) is 3.01. The van der Waals surface area contributed by atoms with Crippen molar-refractivity contribution in [1.29, 1.82) is 0 Å². The lowest BCUT2D eigenvalue weighted by molar-refractivity contribution is -0.140. The molecule has 1 atom stereocenters. The molecule has 0 aromatic heterocycles. The van der Waals surface area contributed by atoms with Crippen molar-refractivity contribution >= 4 is 18.4 Å². The highest BCUT2D eigenvalue weighted by Crippen LogP contribution is 2.00. The molecule has 1 unspecified atom stereocenters. The van der Waals surface area contributed by atoms with Crippen LogP contribution in [0, 0.1) is 5.92 Å². The van der Waals surface area contributed by atoms with E-state index in [0.29, 0.717) is 0 Å². The molecular weight excluding hydrogens is 178 g/mol. The van der Waals surface area contributed by atoms with Gasteiger partial charge in [0.25, 0.3) is 0 Å². The molecule has 0 aromatic carbocycles. The number of carboxylic acids is 1. The highest BCUT2D eigenvalue weighted by atomic mass is 35.5. The van der Waals surface area contributed by atoms with Gasteiger partial charge in [0.1, 0.15) is 6.04 Å². The highest BCUT2D eigenvalue weighted by Gasteiger charge is 2.19. The van der Waals surface area contributed by atoms with E-state index >= 15 is 0 Å². The van der Waals surface area contributed by atoms with E-state index in [1.807, 2.05) is 20.8 Å². The minimum Gasteiger partial charge on any atom is -0.480 e. The number of carbonyl (C=O) groups is 1. The van der Waals surface area contributed by atoms with Crippen LogP contribution in [0.25, 0.3) is 0 Å². The van der Waals surface area contributed by atoms with E-state index in [2.05, 4.69) is 5.32 Å². The molecule has 0 amide bonds. The van der Waals surface area contributed by atoms with Crippen molar-refractivity contribution in [3.8, 4) is 0 Å². The van der Waals surface area contributed by atoms with Crippen LogP contribution in [0.2, 0.25) is 0 Å². The molecule has 3 nitrogen and oxygen atoms in total. The molecule has 0 rings (SSSR count). The van der Waals surface area contributed by atoms with E-state index in [0.717, 1.165) is 13.0 Å². The van der Waals surface area contributed by atoms with Gasteiger partial charge >= 0.3 is 5.97 Å². The van der Waals surface area contributed by atoms with Crippen LogP contribution in [0.5, 0.6) is 0 Å². The Bertz CT molecular complexity index is 128. The molecule has 0 heterocycles. The van der Waals surface area contributed by atoms with E-state index in [1.54, 1.807) is 0 Å². The minimum atomic E-state index is -0.756. The summed E-state index contributed by atoms with van der Waals surface area (Å²) in [6.07, 6.45) is 0.969. The first-order valence-corrected chi connectivity index (χ1v) is 4.05. The first-order chi connectivity index (χ1) is 5.09. The standard InChI is InChI=1S/C8H17NO2.ClH/c1-4-5-9-7(6(2)3)8(10)11;/h6-7,9H,4-5H2,1-3H3,(H,10,11);1H. The second kappa shape index (κ2) is 7.37. The number of halogens is 1. The fourth-order valence-electron chi connectivity index (χ4n) is 0.908. The first-order valence-electron chi connectivity index (χ1n) is 4.05. The van der Waals surface area contributed by atoms with Gasteiger partial charge in [-0.3, -0.25) is 4.79 Å².